The summed E-state index contributed by atoms with van der Waals surface area (Å²) >= 11 is 0. The zero-order chi connectivity index (χ0) is 19.8. The maximum atomic E-state index is 12.8. The van der Waals surface area contributed by atoms with Gasteiger partial charge in [0, 0.05) is 24.5 Å². The van der Waals surface area contributed by atoms with Gasteiger partial charge in [0.25, 0.3) is 15.7 Å². The molecular formula is C18H17N3O5S. The van der Waals surface area contributed by atoms with E-state index in [0.717, 1.165) is 11.1 Å². The minimum atomic E-state index is -4.00. The van der Waals surface area contributed by atoms with Gasteiger partial charge < -0.3 is 0 Å². The standard InChI is InChI=1S/C18H17N3O5S/c1-13-3-8-17(11-14(13)2)27(25,26)20-10-9-19(18(20)22)12-15-4-6-16(7-5-15)21(23)24/h3-11H,12H2,1-2H3. The Labute approximate surface area is 155 Å². The van der Waals surface area contributed by atoms with Crippen molar-refractivity contribution in [2.75, 3.05) is 0 Å². The van der Waals surface area contributed by atoms with E-state index in [-0.39, 0.29) is 17.1 Å². The topological polar surface area (TPSA) is 104 Å². The second-order valence-electron chi connectivity index (χ2n) is 6.18. The van der Waals surface area contributed by atoms with Crippen LogP contribution in [0.25, 0.3) is 0 Å². The molecule has 0 spiro atoms. The maximum absolute atomic E-state index is 12.8. The van der Waals surface area contributed by atoms with E-state index < -0.39 is 20.6 Å². The average molecular weight is 387 g/mol. The largest absolute Gasteiger partial charge is 0.342 e. The van der Waals surface area contributed by atoms with Gasteiger partial charge in [-0.3, -0.25) is 14.7 Å². The van der Waals surface area contributed by atoms with Gasteiger partial charge in [0.1, 0.15) is 0 Å². The van der Waals surface area contributed by atoms with Crippen LogP contribution in [0.15, 0.2) is 64.5 Å². The van der Waals surface area contributed by atoms with Gasteiger partial charge in [0.15, 0.2) is 0 Å². The smallest absolute Gasteiger partial charge is 0.294 e. The number of rotatable bonds is 5. The average Bonchev–Trinajstić information content (AvgIpc) is 2.99. The molecule has 3 rings (SSSR count). The number of nitrogens with zero attached hydrogens (tertiary/aromatic N) is 3. The Balaban J connectivity index is 1.93. The number of imidazole rings is 1. The molecule has 0 saturated carbocycles. The Morgan fingerprint density at radius 2 is 1.67 bits per heavy atom. The molecule has 0 bridgehead atoms. The summed E-state index contributed by atoms with van der Waals surface area (Å²) in [6.45, 7) is 3.78. The Bertz CT molecular complexity index is 1170. The first-order valence-electron chi connectivity index (χ1n) is 8.04. The molecular weight excluding hydrogens is 370 g/mol. The molecule has 0 aliphatic carbocycles. The zero-order valence-corrected chi connectivity index (χ0v) is 15.5. The number of aryl methyl sites for hydroxylation is 2. The van der Waals surface area contributed by atoms with Crippen molar-refractivity contribution in [3.05, 3.63) is 92.1 Å². The lowest BCUT2D eigenvalue weighted by Gasteiger charge is -2.07. The summed E-state index contributed by atoms with van der Waals surface area (Å²) in [6.07, 6.45) is 2.58. The number of hydrogen-bond acceptors (Lipinski definition) is 5. The minimum absolute atomic E-state index is 0.0424. The monoisotopic (exact) mass is 387 g/mol. The Morgan fingerprint density at radius 1 is 1.00 bits per heavy atom. The molecule has 8 nitrogen and oxygen atoms in total. The molecule has 0 aliphatic heterocycles. The summed E-state index contributed by atoms with van der Waals surface area (Å²) in [7, 11) is -4.00. The highest BCUT2D eigenvalue weighted by Crippen LogP contribution is 2.17. The van der Waals surface area contributed by atoms with E-state index in [0.29, 0.717) is 9.54 Å². The molecule has 1 aromatic heterocycles. The lowest BCUT2D eigenvalue weighted by Crippen LogP contribution is -2.29. The first-order valence-corrected chi connectivity index (χ1v) is 9.48. The van der Waals surface area contributed by atoms with Crippen molar-refractivity contribution in [1.29, 1.82) is 0 Å². The van der Waals surface area contributed by atoms with Crippen LogP contribution in [-0.2, 0) is 16.6 Å². The molecule has 0 aliphatic rings. The van der Waals surface area contributed by atoms with Gasteiger partial charge in [-0.25, -0.2) is 13.2 Å². The summed E-state index contributed by atoms with van der Waals surface area (Å²) in [5.41, 5.74) is 1.66. The lowest BCUT2D eigenvalue weighted by molar-refractivity contribution is -0.384. The van der Waals surface area contributed by atoms with Gasteiger partial charge in [0.2, 0.25) is 0 Å². The predicted octanol–water partition coefficient (Wildman–Crippen LogP) is 2.46. The van der Waals surface area contributed by atoms with Crippen molar-refractivity contribution in [3.8, 4) is 0 Å². The van der Waals surface area contributed by atoms with E-state index in [1.807, 2.05) is 6.92 Å². The van der Waals surface area contributed by atoms with Crippen LogP contribution in [0.4, 0.5) is 5.69 Å². The zero-order valence-electron chi connectivity index (χ0n) is 14.7. The van der Waals surface area contributed by atoms with Gasteiger partial charge in [-0.1, -0.05) is 18.2 Å². The fraction of sp³-hybridized carbons (Fsp3) is 0.167. The third-order valence-corrected chi connectivity index (χ3v) is 6.00. The number of hydrogen-bond donors (Lipinski definition) is 0. The molecule has 0 radical (unpaired) electrons. The Hall–Kier alpha value is -3.20. The van der Waals surface area contributed by atoms with E-state index in [1.54, 1.807) is 13.0 Å². The highest BCUT2D eigenvalue weighted by molar-refractivity contribution is 7.90. The Kier molecular flexibility index (Phi) is 4.71. The van der Waals surface area contributed by atoms with Crippen LogP contribution in [0, 0.1) is 24.0 Å². The van der Waals surface area contributed by atoms with Crippen LogP contribution < -0.4 is 5.69 Å². The van der Waals surface area contributed by atoms with Gasteiger partial charge >= 0.3 is 5.69 Å². The van der Waals surface area contributed by atoms with Gasteiger partial charge in [0.05, 0.1) is 16.4 Å². The summed E-state index contributed by atoms with van der Waals surface area (Å²) in [5.74, 6) is 0. The van der Waals surface area contributed by atoms with Crippen molar-refractivity contribution >= 4 is 15.7 Å². The summed E-state index contributed by atoms with van der Waals surface area (Å²) in [4.78, 5) is 22.8. The van der Waals surface area contributed by atoms with Crippen molar-refractivity contribution < 1.29 is 13.3 Å². The normalized spacial score (nSPS) is 11.5. The SMILES string of the molecule is Cc1ccc(S(=O)(=O)n2ccn(Cc3ccc([N+](=O)[O-])cc3)c2=O)cc1C. The molecule has 3 aromatic rings. The number of benzene rings is 2. The molecule has 0 unspecified atom stereocenters. The quantitative estimate of drug-likeness (QED) is 0.494. The molecule has 27 heavy (non-hydrogen) atoms. The number of non-ortho nitro benzene ring substituents is 1. The molecule has 2 aromatic carbocycles. The van der Waals surface area contributed by atoms with Crippen LogP contribution in [0.1, 0.15) is 16.7 Å². The third kappa shape index (κ3) is 3.54. The van der Waals surface area contributed by atoms with E-state index in [2.05, 4.69) is 0 Å². The van der Waals surface area contributed by atoms with Crippen molar-refractivity contribution in [3.63, 3.8) is 0 Å². The molecule has 140 valence electrons. The van der Waals surface area contributed by atoms with Crippen LogP contribution >= 0.6 is 0 Å². The molecule has 0 fully saturated rings. The number of aromatic nitrogens is 2. The minimum Gasteiger partial charge on any atom is -0.294 e. The maximum Gasteiger partial charge on any atom is 0.342 e. The number of nitro groups is 1. The molecule has 9 heteroatoms. The van der Waals surface area contributed by atoms with E-state index in [1.165, 1.54) is 53.4 Å². The molecule has 0 amide bonds. The second-order valence-corrected chi connectivity index (χ2v) is 7.99. The lowest BCUT2D eigenvalue weighted by atomic mass is 10.1. The fourth-order valence-electron chi connectivity index (χ4n) is 2.61. The van der Waals surface area contributed by atoms with E-state index >= 15 is 0 Å². The Morgan fingerprint density at radius 3 is 2.26 bits per heavy atom. The molecule has 1 heterocycles. The van der Waals surface area contributed by atoms with Gasteiger partial charge in [-0.15, -0.1) is 0 Å². The molecule has 0 saturated heterocycles. The van der Waals surface area contributed by atoms with Gasteiger partial charge in [-0.2, -0.15) is 3.97 Å². The van der Waals surface area contributed by atoms with Crippen molar-refractivity contribution in [2.45, 2.75) is 25.3 Å². The van der Waals surface area contributed by atoms with Crippen molar-refractivity contribution in [2.24, 2.45) is 0 Å². The van der Waals surface area contributed by atoms with Gasteiger partial charge in [-0.05, 0) is 42.7 Å². The second kappa shape index (κ2) is 6.84. The van der Waals surface area contributed by atoms with E-state index in [4.69, 9.17) is 0 Å². The highest BCUT2D eigenvalue weighted by atomic mass is 32.2. The predicted molar refractivity (Wildman–Crippen MR) is 99.4 cm³/mol. The fourth-order valence-corrected chi connectivity index (χ4v) is 3.92. The molecule has 0 atom stereocenters. The molecule has 0 N–H and O–H groups in total. The van der Waals surface area contributed by atoms with Crippen LogP contribution in [0.3, 0.4) is 0 Å². The van der Waals surface area contributed by atoms with Crippen molar-refractivity contribution in [1.82, 2.24) is 8.54 Å². The summed E-state index contributed by atoms with van der Waals surface area (Å²) < 4.78 is 27.5. The third-order valence-electron chi connectivity index (χ3n) is 4.35. The first kappa shape index (κ1) is 18.6. The number of nitro benzene ring substituents is 1. The van der Waals surface area contributed by atoms with Crippen LogP contribution in [0.5, 0.6) is 0 Å². The van der Waals surface area contributed by atoms with E-state index in [9.17, 15) is 23.3 Å². The first-order chi connectivity index (χ1) is 12.7. The van der Waals surface area contributed by atoms with Crippen LogP contribution in [-0.4, -0.2) is 21.9 Å². The highest BCUT2D eigenvalue weighted by Gasteiger charge is 2.21. The van der Waals surface area contributed by atoms with Crippen LogP contribution in [0.2, 0.25) is 0 Å². The summed E-state index contributed by atoms with van der Waals surface area (Å²) in [5, 5.41) is 10.7. The summed E-state index contributed by atoms with van der Waals surface area (Å²) in [6, 6.07) is 10.4.